The van der Waals surface area contributed by atoms with E-state index in [1.165, 1.54) is 30.0 Å². The van der Waals surface area contributed by atoms with Gasteiger partial charge >= 0.3 is 5.69 Å². The molecule has 1 heterocycles. The van der Waals surface area contributed by atoms with Crippen molar-refractivity contribution in [2.75, 3.05) is 30.7 Å². The first-order chi connectivity index (χ1) is 14.9. The van der Waals surface area contributed by atoms with Gasteiger partial charge in [-0.25, -0.2) is 4.79 Å². The predicted molar refractivity (Wildman–Crippen MR) is 121 cm³/mol. The van der Waals surface area contributed by atoms with Gasteiger partial charge in [-0.2, -0.15) is 4.98 Å². The van der Waals surface area contributed by atoms with Crippen LogP contribution in [0.15, 0.2) is 34.1 Å². The van der Waals surface area contributed by atoms with Crippen molar-refractivity contribution in [1.29, 1.82) is 0 Å². The van der Waals surface area contributed by atoms with Crippen LogP contribution >= 0.6 is 11.8 Å². The third-order valence-electron chi connectivity index (χ3n) is 5.42. The van der Waals surface area contributed by atoms with Crippen LogP contribution in [0.4, 0.5) is 11.4 Å². The van der Waals surface area contributed by atoms with Gasteiger partial charge in [-0.3, -0.25) is 19.5 Å². The second-order valence-corrected chi connectivity index (χ2v) is 8.27. The molecule has 0 saturated heterocycles. The van der Waals surface area contributed by atoms with Crippen molar-refractivity contribution in [3.63, 3.8) is 0 Å². The van der Waals surface area contributed by atoms with Crippen molar-refractivity contribution in [2.24, 2.45) is 0 Å². The summed E-state index contributed by atoms with van der Waals surface area (Å²) in [4.78, 5) is 41.9. The van der Waals surface area contributed by atoms with Crippen LogP contribution in [-0.4, -0.2) is 50.7 Å². The second kappa shape index (κ2) is 10.5. The monoisotopic (exact) mass is 445 g/mol. The average Bonchev–Trinajstić information content (AvgIpc) is 3.24. The Morgan fingerprint density at radius 3 is 2.81 bits per heavy atom. The number of thioether (sulfide) groups is 1. The fourth-order valence-electron chi connectivity index (χ4n) is 3.75. The van der Waals surface area contributed by atoms with Crippen LogP contribution in [0.2, 0.25) is 0 Å². The van der Waals surface area contributed by atoms with E-state index in [0.29, 0.717) is 17.3 Å². The standard InChI is InChI=1S/C21H27N5O4S/c1-3-24(4-2)11-12-25-18-10-6-9-17(18)20(23-21(25)28)31-14-19(27)22-15-7-5-8-16(13-15)26(29)30/h5,7-8,13H,3-4,6,9-12,14H2,1-2H3,(H,22,27). The SMILES string of the molecule is CCN(CC)CCn1c2c(c(SCC(=O)Nc3cccc([N+](=O)[O-])c3)nc1=O)CCC2. The minimum Gasteiger partial charge on any atom is -0.325 e. The first-order valence-electron chi connectivity index (χ1n) is 10.4. The van der Waals surface area contributed by atoms with Crippen LogP contribution in [0.3, 0.4) is 0 Å². The van der Waals surface area contributed by atoms with Gasteiger partial charge < -0.3 is 10.2 Å². The van der Waals surface area contributed by atoms with E-state index in [1.807, 2.05) is 0 Å². The number of carbonyl (C=O) groups is 1. The Balaban J connectivity index is 1.68. The number of nitro groups is 1. The number of hydrogen-bond acceptors (Lipinski definition) is 7. The number of fused-ring (bicyclic) bond motifs is 1. The lowest BCUT2D eigenvalue weighted by molar-refractivity contribution is -0.384. The molecule has 0 atom stereocenters. The maximum atomic E-state index is 12.7. The van der Waals surface area contributed by atoms with Crippen LogP contribution in [0.25, 0.3) is 0 Å². The van der Waals surface area contributed by atoms with E-state index in [2.05, 4.69) is 29.0 Å². The summed E-state index contributed by atoms with van der Waals surface area (Å²) in [5.41, 5.74) is 2.11. The quantitative estimate of drug-likeness (QED) is 0.259. The molecule has 0 radical (unpaired) electrons. The van der Waals surface area contributed by atoms with Crippen LogP contribution in [0, 0.1) is 10.1 Å². The van der Waals surface area contributed by atoms with E-state index in [4.69, 9.17) is 0 Å². The summed E-state index contributed by atoms with van der Waals surface area (Å²) >= 11 is 1.24. The minimum absolute atomic E-state index is 0.0744. The number of anilines is 1. The lowest BCUT2D eigenvalue weighted by atomic mass is 10.2. The number of benzene rings is 1. The molecule has 0 spiro atoms. The zero-order valence-corrected chi connectivity index (χ0v) is 18.6. The van der Waals surface area contributed by atoms with Gasteiger partial charge in [0.1, 0.15) is 5.03 Å². The van der Waals surface area contributed by atoms with E-state index >= 15 is 0 Å². The molecule has 10 heteroatoms. The number of hydrogen-bond donors (Lipinski definition) is 1. The van der Waals surface area contributed by atoms with E-state index in [9.17, 15) is 19.7 Å². The van der Waals surface area contributed by atoms with Crippen molar-refractivity contribution in [1.82, 2.24) is 14.5 Å². The number of nitrogens with zero attached hydrogens (tertiary/aromatic N) is 4. The molecule has 0 aliphatic heterocycles. The van der Waals surface area contributed by atoms with E-state index in [0.717, 1.165) is 50.2 Å². The summed E-state index contributed by atoms with van der Waals surface area (Å²) in [6.07, 6.45) is 2.67. The van der Waals surface area contributed by atoms with Crippen LogP contribution in [-0.2, 0) is 24.2 Å². The van der Waals surface area contributed by atoms with E-state index in [1.54, 1.807) is 10.6 Å². The number of rotatable bonds is 10. The van der Waals surface area contributed by atoms with E-state index in [-0.39, 0.29) is 23.0 Å². The third-order valence-corrected chi connectivity index (χ3v) is 6.43. The summed E-state index contributed by atoms with van der Waals surface area (Å²) < 4.78 is 1.79. The lowest BCUT2D eigenvalue weighted by Gasteiger charge is -2.20. The highest BCUT2D eigenvalue weighted by Crippen LogP contribution is 2.29. The van der Waals surface area contributed by atoms with Gasteiger partial charge in [0.05, 0.1) is 10.7 Å². The topological polar surface area (TPSA) is 110 Å². The number of carbonyl (C=O) groups excluding carboxylic acids is 1. The highest BCUT2D eigenvalue weighted by atomic mass is 32.2. The molecule has 0 saturated carbocycles. The molecule has 31 heavy (non-hydrogen) atoms. The van der Waals surface area contributed by atoms with Gasteiger partial charge in [0.2, 0.25) is 5.91 Å². The number of aromatic nitrogens is 2. The van der Waals surface area contributed by atoms with Crippen molar-refractivity contribution in [3.8, 4) is 0 Å². The zero-order valence-electron chi connectivity index (χ0n) is 17.8. The van der Waals surface area contributed by atoms with Gasteiger partial charge in [-0.05, 0) is 38.4 Å². The highest BCUT2D eigenvalue weighted by molar-refractivity contribution is 8.00. The summed E-state index contributed by atoms with van der Waals surface area (Å²) in [7, 11) is 0. The molecule has 1 aromatic carbocycles. The van der Waals surface area contributed by atoms with Crippen LogP contribution in [0.1, 0.15) is 31.5 Å². The zero-order chi connectivity index (χ0) is 22.4. The molecule has 0 unspecified atom stereocenters. The molecule has 1 aliphatic rings. The minimum atomic E-state index is -0.507. The smallest absolute Gasteiger partial charge is 0.325 e. The molecule has 0 bridgehead atoms. The molecule has 1 N–H and O–H groups in total. The summed E-state index contributed by atoms with van der Waals surface area (Å²) in [6.45, 7) is 7.51. The third kappa shape index (κ3) is 5.71. The Labute approximate surface area is 185 Å². The van der Waals surface area contributed by atoms with Crippen LogP contribution in [0.5, 0.6) is 0 Å². The van der Waals surface area contributed by atoms with Gasteiger partial charge in [-0.15, -0.1) is 0 Å². The van der Waals surface area contributed by atoms with Crippen molar-refractivity contribution in [3.05, 3.63) is 56.1 Å². The van der Waals surface area contributed by atoms with Crippen molar-refractivity contribution < 1.29 is 9.72 Å². The molecule has 0 fully saturated rings. The number of likely N-dealkylation sites (N-methyl/N-ethyl adjacent to an activating group) is 1. The molecule has 1 aromatic heterocycles. The first kappa shape index (κ1) is 23.0. The van der Waals surface area contributed by atoms with Gasteiger partial charge in [0.25, 0.3) is 5.69 Å². The molecule has 2 aromatic rings. The molecule has 9 nitrogen and oxygen atoms in total. The Kier molecular flexibility index (Phi) is 7.80. The molecular weight excluding hydrogens is 418 g/mol. The molecule has 166 valence electrons. The average molecular weight is 446 g/mol. The second-order valence-electron chi connectivity index (χ2n) is 7.30. The summed E-state index contributed by atoms with van der Waals surface area (Å²) in [5, 5.41) is 14.2. The molecular formula is C21H27N5O4S. The number of nitro benzene ring substituents is 1. The Morgan fingerprint density at radius 1 is 1.32 bits per heavy atom. The molecule has 3 rings (SSSR count). The Bertz CT molecular complexity index is 1020. The maximum Gasteiger partial charge on any atom is 0.348 e. The Hall–Kier alpha value is -2.72. The lowest BCUT2D eigenvalue weighted by Crippen LogP contribution is -2.34. The predicted octanol–water partition coefficient (Wildman–Crippen LogP) is 2.71. The summed E-state index contributed by atoms with van der Waals surface area (Å²) in [6, 6.07) is 5.80. The molecule has 1 amide bonds. The normalized spacial score (nSPS) is 12.7. The van der Waals surface area contributed by atoms with Crippen molar-refractivity contribution >= 4 is 29.0 Å². The van der Waals surface area contributed by atoms with Crippen LogP contribution < -0.4 is 11.0 Å². The fraction of sp³-hybridized carbons (Fsp3) is 0.476. The van der Waals surface area contributed by atoms with Gasteiger partial charge in [0, 0.05) is 42.2 Å². The first-order valence-corrected chi connectivity index (χ1v) is 11.4. The fourth-order valence-corrected chi connectivity index (χ4v) is 4.62. The van der Waals surface area contributed by atoms with Crippen molar-refractivity contribution in [2.45, 2.75) is 44.7 Å². The van der Waals surface area contributed by atoms with E-state index < -0.39 is 4.92 Å². The number of nitrogens with one attached hydrogen (secondary N) is 1. The number of non-ortho nitro benzene ring substituents is 1. The maximum absolute atomic E-state index is 12.7. The highest BCUT2D eigenvalue weighted by Gasteiger charge is 2.22. The Morgan fingerprint density at radius 2 is 2.10 bits per heavy atom. The molecule has 1 aliphatic carbocycles. The summed E-state index contributed by atoms with van der Waals surface area (Å²) in [5.74, 6) is -0.227. The largest absolute Gasteiger partial charge is 0.348 e. The van der Waals surface area contributed by atoms with Gasteiger partial charge in [0.15, 0.2) is 0 Å². The number of amides is 1. The van der Waals surface area contributed by atoms with Gasteiger partial charge in [-0.1, -0.05) is 31.7 Å².